The maximum absolute atomic E-state index is 4.40. The molecule has 0 aromatic heterocycles. The van der Waals surface area contributed by atoms with Crippen LogP contribution in [0.4, 0.5) is 0 Å². The lowest BCUT2D eigenvalue weighted by Gasteiger charge is -2.16. The summed E-state index contributed by atoms with van der Waals surface area (Å²) in [4.78, 5) is 8.55. The van der Waals surface area contributed by atoms with Crippen molar-refractivity contribution < 1.29 is 0 Å². The van der Waals surface area contributed by atoms with Gasteiger partial charge in [0.2, 0.25) is 0 Å². The first kappa shape index (κ1) is 7.47. The standard InChI is InChI=1S/C10H12N2/c1-2-7-12-10(5-1)9-4-3-6-11-8-9/h1-2,6-8,10H,3-5H2. The van der Waals surface area contributed by atoms with E-state index in [-0.39, 0.29) is 0 Å². The van der Waals surface area contributed by atoms with Gasteiger partial charge in [-0.25, -0.2) is 0 Å². The second-order valence-electron chi connectivity index (χ2n) is 3.05. The smallest absolute Gasteiger partial charge is 0.0761 e. The second-order valence-corrected chi connectivity index (χ2v) is 3.05. The lowest BCUT2D eigenvalue weighted by Crippen LogP contribution is -2.11. The largest absolute Gasteiger partial charge is 0.285 e. The van der Waals surface area contributed by atoms with Gasteiger partial charge in [-0.05, 0) is 30.9 Å². The van der Waals surface area contributed by atoms with E-state index in [9.17, 15) is 0 Å². The van der Waals surface area contributed by atoms with E-state index in [1.165, 1.54) is 5.57 Å². The van der Waals surface area contributed by atoms with Gasteiger partial charge in [0.15, 0.2) is 0 Å². The number of rotatable bonds is 1. The van der Waals surface area contributed by atoms with E-state index >= 15 is 0 Å². The molecule has 2 heterocycles. The predicted molar refractivity (Wildman–Crippen MR) is 51.8 cm³/mol. The van der Waals surface area contributed by atoms with E-state index in [0.717, 1.165) is 19.3 Å². The highest BCUT2D eigenvalue weighted by molar-refractivity contribution is 5.72. The van der Waals surface area contributed by atoms with Crippen molar-refractivity contribution in [3.8, 4) is 0 Å². The number of aliphatic imine (C=N–C) groups is 2. The number of nitrogens with zero attached hydrogens (tertiary/aromatic N) is 2. The molecular weight excluding hydrogens is 148 g/mol. The quantitative estimate of drug-likeness (QED) is 0.561. The lowest BCUT2D eigenvalue weighted by molar-refractivity contribution is 0.733. The molecule has 0 saturated carbocycles. The first-order chi connectivity index (χ1) is 5.97. The summed E-state index contributed by atoms with van der Waals surface area (Å²) in [5, 5.41) is 0. The Morgan fingerprint density at radius 1 is 1.42 bits per heavy atom. The van der Waals surface area contributed by atoms with Crippen molar-refractivity contribution in [1.29, 1.82) is 0 Å². The van der Waals surface area contributed by atoms with Gasteiger partial charge in [-0.3, -0.25) is 9.98 Å². The van der Waals surface area contributed by atoms with Gasteiger partial charge in [0.1, 0.15) is 0 Å². The minimum absolute atomic E-state index is 0.368. The average molecular weight is 160 g/mol. The maximum atomic E-state index is 4.40. The van der Waals surface area contributed by atoms with Crippen LogP contribution in [-0.2, 0) is 0 Å². The third kappa shape index (κ3) is 1.52. The molecule has 2 heteroatoms. The Morgan fingerprint density at radius 3 is 3.08 bits per heavy atom. The fraction of sp³-hybridized carbons (Fsp3) is 0.400. The van der Waals surface area contributed by atoms with Gasteiger partial charge in [0.25, 0.3) is 0 Å². The highest BCUT2D eigenvalue weighted by Crippen LogP contribution is 2.20. The van der Waals surface area contributed by atoms with Gasteiger partial charge in [-0.15, -0.1) is 0 Å². The first-order valence-corrected chi connectivity index (χ1v) is 4.36. The Labute approximate surface area is 72.4 Å². The average Bonchev–Trinajstić information content (AvgIpc) is 2.21. The molecule has 0 bridgehead atoms. The predicted octanol–water partition coefficient (Wildman–Crippen LogP) is 2.13. The lowest BCUT2D eigenvalue weighted by atomic mass is 9.98. The van der Waals surface area contributed by atoms with Crippen LogP contribution < -0.4 is 0 Å². The molecule has 0 aromatic carbocycles. The topological polar surface area (TPSA) is 24.7 Å². The SMILES string of the molecule is C1=CCC(C2=CN=CCC2)N=C1. The van der Waals surface area contributed by atoms with Crippen LogP contribution in [0.25, 0.3) is 0 Å². The zero-order valence-electron chi connectivity index (χ0n) is 6.98. The van der Waals surface area contributed by atoms with Crippen LogP contribution >= 0.6 is 0 Å². The Balaban J connectivity index is 2.09. The van der Waals surface area contributed by atoms with Gasteiger partial charge < -0.3 is 0 Å². The van der Waals surface area contributed by atoms with Crippen LogP contribution in [0.15, 0.2) is 33.9 Å². The zero-order valence-corrected chi connectivity index (χ0v) is 6.98. The Hall–Kier alpha value is -1.18. The van der Waals surface area contributed by atoms with E-state index in [1.807, 2.05) is 24.7 Å². The van der Waals surface area contributed by atoms with Crippen molar-refractivity contribution in [2.45, 2.75) is 25.3 Å². The Kier molecular flexibility index (Phi) is 2.16. The fourth-order valence-electron chi connectivity index (χ4n) is 1.50. The molecule has 12 heavy (non-hydrogen) atoms. The van der Waals surface area contributed by atoms with Crippen LogP contribution in [0.3, 0.4) is 0 Å². The number of allylic oxidation sites excluding steroid dienone is 1. The molecule has 0 fully saturated rings. The summed E-state index contributed by atoms with van der Waals surface area (Å²) in [6.07, 6.45) is 13.2. The van der Waals surface area contributed by atoms with Crippen molar-refractivity contribution in [3.05, 3.63) is 23.9 Å². The molecule has 62 valence electrons. The molecule has 0 aliphatic carbocycles. The van der Waals surface area contributed by atoms with Crippen LogP contribution in [-0.4, -0.2) is 18.5 Å². The van der Waals surface area contributed by atoms with Gasteiger partial charge in [-0.2, -0.15) is 0 Å². The number of hydrogen-bond donors (Lipinski definition) is 0. The maximum Gasteiger partial charge on any atom is 0.0761 e. The van der Waals surface area contributed by atoms with E-state index in [2.05, 4.69) is 16.1 Å². The molecule has 2 aliphatic rings. The molecule has 0 saturated heterocycles. The summed E-state index contributed by atoms with van der Waals surface area (Å²) < 4.78 is 0. The molecule has 1 atom stereocenters. The second kappa shape index (κ2) is 3.48. The van der Waals surface area contributed by atoms with Gasteiger partial charge in [0, 0.05) is 18.6 Å². The molecule has 1 unspecified atom stereocenters. The van der Waals surface area contributed by atoms with E-state index in [0.29, 0.717) is 6.04 Å². The molecule has 0 N–H and O–H groups in total. The third-order valence-electron chi connectivity index (χ3n) is 2.18. The van der Waals surface area contributed by atoms with Gasteiger partial charge >= 0.3 is 0 Å². The minimum atomic E-state index is 0.368. The molecular formula is C10H12N2. The summed E-state index contributed by atoms with van der Waals surface area (Å²) in [6, 6.07) is 0.368. The molecule has 2 aliphatic heterocycles. The minimum Gasteiger partial charge on any atom is -0.285 e. The van der Waals surface area contributed by atoms with E-state index < -0.39 is 0 Å². The molecule has 0 radical (unpaired) electrons. The normalized spacial score (nSPS) is 27.3. The molecule has 0 spiro atoms. The summed E-state index contributed by atoms with van der Waals surface area (Å²) >= 11 is 0. The first-order valence-electron chi connectivity index (χ1n) is 4.36. The molecule has 2 rings (SSSR count). The van der Waals surface area contributed by atoms with Crippen LogP contribution in [0.2, 0.25) is 0 Å². The molecule has 0 amide bonds. The third-order valence-corrected chi connectivity index (χ3v) is 2.18. The Bertz CT molecular complexity index is 272. The molecule has 2 nitrogen and oxygen atoms in total. The summed E-state index contributed by atoms with van der Waals surface area (Å²) in [6.45, 7) is 0. The number of dihydropyridines is 1. The van der Waals surface area contributed by atoms with Crippen LogP contribution in [0.5, 0.6) is 0 Å². The summed E-state index contributed by atoms with van der Waals surface area (Å²) in [5.74, 6) is 0. The van der Waals surface area contributed by atoms with Crippen molar-refractivity contribution in [2.24, 2.45) is 9.98 Å². The van der Waals surface area contributed by atoms with Crippen molar-refractivity contribution >= 4 is 12.4 Å². The van der Waals surface area contributed by atoms with Crippen LogP contribution in [0.1, 0.15) is 19.3 Å². The van der Waals surface area contributed by atoms with Crippen molar-refractivity contribution in [2.75, 3.05) is 0 Å². The van der Waals surface area contributed by atoms with Crippen molar-refractivity contribution in [1.82, 2.24) is 0 Å². The highest BCUT2D eigenvalue weighted by atomic mass is 14.8. The number of hydrogen-bond acceptors (Lipinski definition) is 2. The zero-order chi connectivity index (χ0) is 8.23. The van der Waals surface area contributed by atoms with E-state index in [1.54, 1.807) is 0 Å². The van der Waals surface area contributed by atoms with Crippen LogP contribution in [0, 0.1) is 0 Å². The highest BCUT2D eigenvalue weighted by Gasteiger charge is 2.13. The summed E-state index contributed by atoms with van der Waals surface area (Å²) in [5.41, 5.74) is 1.37. The van der Waals surface area contributed by atoms with E-state index in [4.69, 9.17) is 0 Å². The van der Waals surface area contributed by atoms with Gasteiger partial charge in [0.05, 0.1) is 6.04 Å². The van der Waals surface area contributed by atoms with Gasteiger partial charge in [-0.1, -0.05) is 6.08 Å². The molecule has 0 aromatic rings. The van der Waals surface area contributed by atoms with Crippen molar-refractivity contribution in [3.63, 3.8) is 0 Å². The fourth-order valence-corrected chi connectivity index (χ4v) is 1.50. The summed E-state index contributed by atoms with van der Waals surface area (Å²) in [7, 11) is 0. The monoisotopic (exact) mass is 160 g/mol. The Morgan fingerprint density at radius 2 is 2.42 bits per heavy atom.